The Morgan fingerprint density at radius 3 is 3.00 bits per heavy atom. The van der Waals surface area contributed by atoms with Crippen LogP contribution in [0.1, 0.15) is 5.82 Å². The van der Waals surface area contributed by atoms with Crippen LogP contribution in [0.15, 0.2) is 33.8 Å². The zero-order valence-electron chi connectivity index (χ0n) is 7.97. The summed E-state index contributed by atoms with van der Waals surface area (Å²) in [4.78, 5) is 17.7. The molecule has 1 heterocycles. The Morgan fingerprint density at radius 1 is 1.47 bits per heavy atom. The third-order valence-corrected chi connectivity index (χ3v) is 1.80. The van der Waals surface area contributed by atoms with E-state index in [9.17, 15) is 4.79 Å². The van der Waals surface area contributed by atoms with Crippen molar-refractivity contribution in [2.75, 3.05) is 0 Å². The minimum absolute atomic E-state index is 0.412. The molecule has 0 saturated heterocycles. The third-order valence-electron chi connectivity index (χ3n) is 1.80. The molecule has 1 aromatic carbocycles. The number of aromatic nitrogens is 2. The zero-order valence-corrected chi connectivity index (χ0v) is 7.97. The maximum Gasteiger partial charge on any atom is 0.257 e. The van der Waals surface area contributed by atoms with Gasteiger partial charge < -0.3 is 4.52 Å². The van der Waals surface area contributed by atoms with E-state index in [0.717, 1.165) is 5.56 Å². The lowest BCUT2D eigenvalue weighted by Gasteiger charge is -1.94. The Hall–Kier alpha value is -2.26. The Bertz CT molecular complexity index is 527. The van der Waals surface area contributed by atoms with Gasteiger partial charge in [-0.1, -0.05) is 11.2 Å². The topological polar surface area (TPSA) is 68.3 Å². The number of hydrogen-bond acceptors (Lipinski definition) is 5. The fourth-order valence-corrected chi connectivity index (χ4v) is 1.18. The number of aliphatic imine (C=N–C) groups is 1. The Morgan fingerprint density at radius 2 is 2.33 bits per heavy atom. The van der Waals surface area contributed by atoms with Gasteiger partial charge in [-0.05, 0) is 25.1 Å². The lowest BCUT2D eigenvalue weighted by atomic mass is 10.2. The SMILES string of the molecule is Cc1noc(-c2cccc(N=C=O)c2)n1. The van der Waals surface area contributed by atoms with Gasteiger partial charge in [-0.15, -0.1) is 0 Å². The molecule has 0 N–H and O–H groups in total. The van der Waals surface area contributed by atoms with Gasteiger partial charge in [0.2, 0.25) is 6.08 Å². The molecule has 0 saturated carbocycles. The van der Waals surface area contributed by atoms with E-state index < -0.39 is 0 Å². The molecule has 2 rings (SSSR count). The van der Waals surface area contributed by atoms with Gasteiger partial charge in [-0.3, -0.25) is 0 Å². The van der Waals surface area contributed by atoms with E-state index in [1.807, 2.05) is 0 Å². The monoisotopic (exact) mass is 201 g/mol. The largest absolute Gasteiger partial charge is 0.334 e. The van der Waals surface area contributed by atoms with E-state index in [0.29, 0.717) is 17.4 Å². The van der Waals surface area contributed by atoms with Gasteiger partial charge in [-0.2, -0.15) is 9.98 Å². The molecular formula is C10H7N3O2. The standard InChI is InChI=1S/C10H7N3O2/c1-7-12-10(15-13-7)8-3-2-4-9(5-8)11-6-14/h2-5H,1H3. The molecule has 0 unspecified atom stereocenters. The number of isocyanates is 1. The summed E-state index contributed by atoms with van der Waals surface area (Å²) in [5, 5.41) is 3.67. The number of nitrogens with zero attached hydrogens (tertiary/aromatic N) is 3. The van der Waals surface area contributed by atoms with Crippen molar-refractivity contribution in [3.63, 3.8) is 0 Å². The number of hydrogen-bond donors (Lipinski definition) is 0. The van der Waals surface area contributed by atoms with Gasteiger partial charge in [-0.25, -0.2) is 4.79 Å². The lowest BCUT2D eigenvalue weighted by molar-refractivity contribution is 0.425. The summed E-state index contributed by atoms with van der Waals surface area (Å²) in [7, 11) is 0. The highest BCUT2D eigenvalue weighted by atomic mass is 16.5. The summed E-state index contributed by atoms with van der Waals surface area (Å²) in [6.45, 7) is 1.74. The highest BCUT2D eigenvalue weighted by Gasteiger charge is 2.05. The Labute approximate surface area is 85.5 Å². The smallest absolute Gasteiger partial charge is 0.257 e. The average Bonchev–Trinajstić information content (AvgIpc) is 2.66. The van der Waals surface area contributed by atoms with Crippen molar-refractivity contribution in [3.8, 4) is 11.5 Å². The van der Waals surface area contributed by atoms with Gasteiger partial charge in [0.05, 0.1) is 5.69 Å². The van der Waals surface area contributed by atoms with Crippen molar-refractivity contribution in [1.82, 2.24) is 10.1 Å². The minimum Gasteiger partial charge on any atom is -0.334 e. The Balaban J connectivity index is 2.44. The normalized spacial score (nSPS) is 9.67. The van der Waals surface area contributed by atoms with Crippen LogP contribution in [-0.4, -0.2) is 16.2 Å². The minimum atomic E-state index is 0.412. The van der Waals surface area contributed by atoms with Gasteiger partial charge in [0.25, 0.3) is 5.89 Å². The summed E-state index contributed by atoms with van der Waals surface area (Å²) in [5.41, 5.74) is 1.24. The van der Waals surface area contributed by atoms with Crippen molar-refractivity contribution < 1.29 is 9.32 Å². The maximum absolute atomic E-state index is 10.1. The third kappa shape index (κ3) is 1.98. The van der Waals surface area contributed by atoms with E-state index in [1.54, 1.807) is 31.2 Å². The van der Waals surface area contributed by atoms with Gasteiger partial charge in [0.1, 0.15) is 0 Å². The van der Waals surface area contributed by atoms with E-state index in [2.05, 4.69) is 15.1 Å². The molecule has 2 aromatic rings. The fourth-order valence-electron chi connectivity index (χ4n) is 1.18. The molecule has 0 aliphatic rings. The summed E-state index contributed by atoms with van der Waals surface area (Å²) in [6.07, 6.45) is 1.48. The predicted octanol–water partition coefficient (Wildman–Crippen LogP) is 2.01. The first kappa shape index (κ1) is 9.30. The van der Waals surface area contributed by atoms with E-state index in [1.165, 1.54) is 6.08 Å². The number of aryl methyl sites for hydroxylation is 1. The second kappa shape index (κ2) is 3.86. The number of benzene rings is 1. The first-order chi connectivity index (χ1) is 7.29. The fraction of sp³-hybridized carbons (Fsp3) is 0.100. The van der Waals surface area contributed by atoms with Crippen LogP contribution in [0.4, 0.5) is 5.69 Å². The molecule has 1 aromatic heterocycles. The molecule has 0 aliphatic carbocycles. The van der Waals surface area contributed by atoms with Crippen LogP contribution < -0.4 is 0 Å². The molecule has 0 spiro atoms. The molecule has 0 atom stereocenters. The predicted molar refractivity (Wildman–Crippen MR) is 52.3 cm³/mol. The summed E-state index contributed by atoms with van der Waals surface area (Å²) >= 11 is 0. The van der Waals surface area contributed by atoms with Crippen LogP contribution in [0.2, 0.25) is 0 Å². The molecule has 5 heteroatoms. The number of carbonyl (C=O) groups excluding carboxylic acids is 1. The van der Waals surface area contributed by atoms with Crippen molar-refractivity contribution in [2.24, 2.45) is 4.99 Å². The van der Waals surface area contributed by atoms with Gasteiger partial charge in [0.15, 0.2) is 5.82 Å². The summed E-state index contributed by atoms with van der Waals surface area (Å²) in [5.74, 6) is 0.977. The second-order valence-corrected chi connectivity index (χ2v) is 2.90. The molecular weight excluding hydrogens is 194 g/mol. The first-order valence-corrected chi connectivity index (χ1v) is 4.28. The number of rotatable bonds is 2. The second-order valence-electron chi connectivity index (χ2n) is 2.90. The van der Waals surface area contributed by atoms with E-state index in [4.69, 9.17) is 4.52 Å². The molecule has 74 valence electrons. The van der Waals surface area contributed by atoms with Crippen LogP contribution in [-0.2, 0) is 4.79 Å². The molecule has 0 aliphatic heterocycles. The van der Waals surface area contributed by atoms with Crippen molar-refractivity contribution in [1.29, 1.82) is 0 Å². The van der Waals surface area contributed by atoms with E-state index >= 15 is 0 Å². The quantitative estimate of drug-likeness (QED) is 0.550. The highest BCUT2D eigenvalue weighted by molar-refractivity contribution is 5.61. The zero-order chi connectivity index (χ0) is 10.7. The van der Waals surface area contributed by atoms with Gasteiger partial charge >= 0.3 is 0 Å². The molecule has 0 bridgehead atoms. The van der Waals surface area contributed by atoms with Crippen molar-refractivity contribution in [3.05, 3.63) is 30.1 Å². The van der Waals surface area contributed by atoms with Crippen LogP contribution in [0, 0.1) is 6.92 Å². The van der Waals surface area contributed by atoms with Gasteiger partial charge in [0, 0.05) is 5.56 Å². The maximum atomic E-state index is 10.1. The van der Waals surface area contributed by atoms with Crippen LogP contribution in [0.3, 0.4) is 0 Å². The Kier molecular flexibility index (Phi) is 2.39. The average molecular weight is 201 g/mol. The van der Waals surface area contributed by atoms with Crippen molar-refractivity contribution >= 4 is 11.8 Å². The molecule has 0 radical (unpaired) electrons. The van der Waals surface area contributed by atoms with Crippen molar-refractivity contribution in [2.45, 2.75) is 6.92 Å². The molecule has 5 nitrogen and oxygen atoms in total. The molecule has 0 fully saturated rings. The summed E-state index contributed by atoms with van der Waals surface area (Å²) in [6, 6.07) is 6.93. The van der Waals surface area contributed by atoms with Crippen LogP contribution in [0.25, 0.3) is 11.5 Å². The van der Waals surface area contributed by atoms with Crippen LogP contribution >= 0.6 is 0 Å². The molecule has 0 amide bonds. The first-order valence-electron chi connectivity index (χ1n) is 4.28. The lowest BCUT2D eigenvalue weighted by Crippen LogP contribution is -1.77. The molecule has 15 heavy (non-hydrogen) atoms. The van der Waals surface area contributed by atoms with Crippen LogP contribution in [0.5, 0.6) is 0 Å². The highest BCUT2D eigenvalue weighted by Crippen LogP contribution is 2.22. The van der Waals surface area contributed by atoms with E-state index in [-0.39, 0.29) is 0 Å². The summed E-state index contributed by atoms with van der Waals surface area (Å²) < 4.78 is 4.98.